The predicted octanol–water partition coefficient (Wildman–Crippen LogP) is 9.77. The summed E-state index contributed by atoms with van der Waals surface area (Å²) in [4.78, 5) is 24.7. The third-order valence-electron chi connectivity index (χ3n) is 8.76. The summed E-state index contributed by atoms with van der Waals surface area (Å²) in [5.74, 6) is 2.74. The number of carbonyl (C=O) groups excluding carboxylic acids is 2. The highest BCUT2D eigenvalue weighted by Gasteiger charge is 2.35. The lowest BCUT2D eigenvalue weighted by atomic mass is 9.83. The fourth-order valence-corrected chi connectivity index (χ4v) is 6.06. The van der Waals surface area contributed by atoms with E-state index in [9.17, 15) is 9.59 Å². The smallest absolute Gasteiger partial charge is 0.322 e. The van der Waals surface area contributed by atoms with Crippen molar-refractivity contribution in [1.29, 1.82) is 0 Å². The number of benzene rings is 1. The van der Waals surface area contributed by atoms with Gasteiger partial charge in [0.05, 0.1) is 0 Å². The fourth-order valence-electron chi connectivity index (χ4n) is 6.06. The molecule has 0 unspecified atom stereocenters. The molecule has 0 amide bonds. The molecule has 0 saturated carbocycles. The second-order valence-corrected chi connectivity index (χ2v) is 14.7. The van der Waals surface area contributed by atoms with Crippen LogP contribution in [0.3, 0.4) is 0 Å². The Bertz CT molecular complexity index is 1020. The molecule has 0 spiro atoms. The molecule has 3 atom stereocenters. The maximum absolute atomic E-state index is 12.6. The molecule has 234 valence electrons. The summed E-state index contributed by atoms with van der Waals surface area (Å²) in [6.45, 7) is 23.0. The Morgan fingerprint density at radius 3 is 1.95 bits per heavy atom. The van der Waals surface area contributed by atoms with Crippen molar-refractivity contribution in [2.45, 2.75) is 164 Å². The second kappa shape index (κ2) is 15.4. The van der Waals surface area contributed by atoms with Gasteiger partial charge in [-0.15, -0.1) is 0 Å². The molecule has 1 aromatic carbocycles. The van der Waals surface area contributed by atoms with Crippen LogP contribution in [-0.2, 0) is 20.7 Å². The van der Waals surface area contributed by atoms with E-state index in [1.807, 2.05) is 20.8 Å². The van der Waals surface area contributed by atoms with E-state index in [0.29, 0.717) is 5.75 Å². The highest BCUT2D eigenvalue weighted by Crippen LogP contribution is 2.45. The molecule has 0 saturated heterocycles. The van der Waals surface area contributed by atoms with Crippen molar-refractivity contribution in [3.8, 4) is 11.5 Å². The molecule has 1 aromatic rings. The lowest BCUT2D eigenvalue weighted by Gasteiger charge is -2.38. The van der Waals surface area contributed by atoms with Gasteiger partial charge in [-0.05, 0) is 109 Å². The predicted molar refractivity (Wildman–Crippen MR) is 169 cm³/mol. The topological polar surface area (TPSA) is 61.8 Å². The van der Waals surface area contributed by atoms with E-state index < -0.39 is 24.0 Å². The zero-order valence-corrected chi connectivity index (χ0v) is 28.3. The van der Waals surface area contributed by atoms with Crippen LogP contribution in [0.2, 0.25) is 0 Å². The van der Waals surface area contributed by atoms with Gasteiger partial charge in [0.2, 0.25) is 0 Å². The monoisotopic (exact) mass is 572 g/mol. The molecular weight excluding hydrogens is 512 g/mol. The third-order valence-corrected chi connectivity index (χ3v) is 8.76. The molecule has 1 aliphatic rings. The van der Waals surface area contributed by atoms with E-state index >= 15 is 0 Å². The molecule has 1 heterocycles. The number of carbonyl (C=O) groups is 2. The first-order valence-electron chi connectivity index (χ1n) is 16.3. The summed E-state index contributed by atoms with van der Waals surface area (Å²) >= 11 is 0. The largest absolute Gasteiger partial charge is 0.487 e. The number of esters is 2. The normalized spacial score (nSPS) is 18.4. The molecule has 5 nitrogen and oxygen atoms in total. The fraction of sp³-hybridized carbons (Fsp3) is 0.778. The molecule has 5 heteroatoms. The minimum atomic E-state index is -0.640. The van der Waals surface area contributed by atoms with Crippen LogP contribution in [0.4, 0.5) is 0 Å². The van der Waals surface area contributed by atoms with E-state index in [0.717, 1.165) is 65.0 Å². The summed E-state index contributed by atoms with van der Waals surface area (Å²) in [6, 6.07) is 0. The number of rotatable bonds is 15. The Labute approximate surface area is 251 Å². The van der Waals surface area contributed by atoms with E-state index in [-0.39, 0.29) is 5.60 Å². The number of ether oxygens (including phenoxy) is 3. The van der Waals surface area contributed by atoms with Crippen LogP contribution in [0, 0.1) is 38.5 Å². The van der Waals surface area contributed by atoms with E-state index in [1.54, 1.807) is 20.8 Å². The summed E-state index contributed by atoms with van der Waals surface area (Å²) in [7, 11) is 0. The lowest BCUT2D eigenvalue weighted by Crippen LogP contribution is -2.37. The van der Waals surface area contributed by atoms with Gasteiger partial charge in [0.25, 0.3) is 0 Å². The Kier molecular flexibility index (Phi) is 13.2. The molecule has 1 aliphatic heterocycles. The van der Waals surface area contributed by atoms with Gasteiger partial charge in [0.1, 0.15) is 29.1 Å². The molecule has 41 heavy (non-hydrogen) atoms. The molecule has 0 bridgehead atoms. The van der Waals surface area contributed by atoms with Crippen LogP contribution < -0.4 is 9.47 Å². The van der Waals surface area contributed by atoms with E-state index in [1.165, 1.54) is 51.4 Å². The van der Waals surface area contributed by atoms with E-state index in [4.69, 9.17) is 14.2 Å². The average Bonchev–Trinajstić information content (AvgIpc) is 2.83. The first-order chi connectivity index (χ1) is 19.0. The maximum atomic E-state index is 12.6. The van der Waals surface area contributed by atoms with Gasteiger partial charge in [-0.3, -0.25) is 9.59 Å². The van der Waals surface area contributed by atoms with Crippen molar-refractivity contribution in [2.24, 2.45) is 17.8 Å². The molecule has 2 rings (SSSR count). The van der Waals surface area contributed by atoms with Gasteiger partial charge in [-0.1, -0.05) is 72.6 Å². The van der Waals surface area contributed by atoms with Gasteiger partial charge in [0, 0.05) is 5.56 Å². The molecule has 0 N–H and O–H groups in total. The van der Waals surface area contributed by atoms with Crippen molar-refractivity contribution >= 4 is 11.9 Å². The number of fused-ring (bicyclic) bond motifs is 1. The van der Waals surface area contributed by atoms with Crippen molar-refractivity contribution in [3.05, 3.63) is 22.3 Å². The highest BCUT2D eigenvalue weighted by atomic mass is 16.6. The molecule has 0 fully saturated rings. The van der Waals surface area contributed by atoms with Gasteiger partial charge >= 0.3 is 11.9 Å². The molecule has 0 radical (unpaired) electrons. The zero-order chi connectivity index (χ0) is 31.0. The van der Waals surface area contributed by atoms with Gasteiger partial charge in [-0.25, -0.2) is 0 Å². The Hall–Kier alpha value is -2.04. The summed E-state index contributed by atoms with van der Waals surface area (Å²) in [6.07, 6.45) is 13.0. The summed E-state index contributed by atoms with van der Waals surface area (Å²) in [5.41, 5.74) is 3.11. The average molecular weight is 573 g/mol. The SMILES string of the molecule is Cc1c(C)c2c(c(C)c1OC(=O)CC(=O)OC(C)(C)C)CC[C@@](C)(CCC[C@@H](C)CCC[C@H](C)CCCC(C)C)O2. The summed E-state index contributed by atoms with van der Waals surface area (Å²) < 4.78 is 17.7. The van der Waals surface area contributed by atoms with Crippen LogP contribution in [-0.4, -0.2) is 23.1 Å². The quantitative estimate of drug-likeness (QED) is 0.119. The van der Waals surface area contributed by atoms with Crippen molar-refractivity contribution < 1.29 is 23.8 Å². The lowest BCUT2D eigenvalue weighted by molar-refractivity contribution is -0.158. The maximum Gasteiger partial charge on any atom is 0.322 e. The van der Waals surface area contributed by atoms with Crippen LogP contribution in [0.5, 0.6) is 11.5 Å². The molecule has 0 aromatic heterocycles. The second-order valence-electron chi connectivity index (χ2n) is 14.7. The molecule has 0 aliphatic carbocycles. The first-order valence-corrected chi connectivity index (χ1v) is 16.3. The van der Waals surface area contributed by atoms with Gasteiger partial charge in [-0.2, -0.15) is 0 Å². The van der Waals surface area contributed by atoms with Gasteiger partial charge in [0.15, 0.2) is 0 Å². The Balaban J connectivity index is 1.90. The van der Waals surface area contributed by atoms with Crippen LogP contribution in [0.1, 0.15) is 148 Å². The van der Waals surface area contributed by atoms with Crippen molar-refractivity contribution in [2.75, 3.05) is 0 Å². The zero-order valence-electron chi connectivity index (χ0n) is 28.3. The third kappa shape index (κ3) is 11.6. The first kappa shape index (κ1) is 35.2. The Morgan fingerprint density at radius 1 is 0.829 bits per heavy atom. The summed E-state index contributed by atoms with van der Waals surface area (Å²) in [5, 5.41) is 0. The van der Waals surface area contributed by atoms with E-state index in [2.05, 4.69) is 34.6 Å². The minimum absolute atomic E-state index is 0.184. The number of hydrogen-bond donors (Lipinski definition) is 0. The van der Waals surface area contributed by atoms with Crippen LogP contribution in [0.15, 0.2) is 0 Å². The van der Waals surface area contributed by atoms with Crippen molar-refractivity contribution in [1.82, 2.24) is 0 Å². The van der Waals surface area contributed by atoms with Gasteiger partial charge < -0.3 is 14.2 Å². The minimum Gasteiger partial charge on any atom is -0.487 e. The van der Waals surface area contributed by atoms with Crippen molar-refractivity contribution in [3.63, 3.8) is 0 Å². The van der Waals surface area contributed by atoms with Crippen LogP contribution in [0.25, 0.3) is 0 Å². The highest BCUT2D eigenvalue weighted by molar-refractivity contribution is 5.92. The molecular formula is C36H60O5. The van der Waals surface area contributed by atoms with Crippen LogP contribution >= 0.6 is 0 Å². The Morgan fingerprint density at radius 2 is 1.39 bits per heavy atom. The standard InChI is InChI=1S/C36H60O5/c1-24(2)15-12-16-25(3)17-13-18-26(4)19-14-21-36(11)22-20-30-29(7)33(27(5)28(6)34(30)41-36)39-31(37)23-32(38)40-35(8,9)10/h24-26H,12-23H2,1-11H3/t25-,26+,36-/m1/s1. The number of hydrogen-bond acceptors (Lipinski definition) is 5.